The van der Waals surface area contributed by atoms with E-state index in [1.54, 1.807) is 0 Å². The van der Waals surface area contributed by atoms with E-state index >= 15 is 0 Å². The normalized spacial score (nSPS) is 25.0. The van der Waals surface area contributed by atoms with Gasteiger partial charge in [0.2, 0.25) is 0 Å². The lowest BCUT2D eigenvalue weighted by Crippen LogP contribution is -2.61. The van der Waals surface area contributed by atoms with Crippen LogP contribution in [0, 0.1) is 0 Å². The average Bonchev–Trinajstić information content (AvgIpc) is 3.39. The van der Waals surface area contributed by atoms with Gasteiger partial charge in [-0.2, -0.15) is 0 Å². The molecule has 2 rings (SSSR count). The highest BCUT2D eigenvalue weighted by Crippen LogP contribution is 2.27. The van der Waals surface area contributed by atoms with Crippen molar-refractivity contribution in [2.24, 2.45) is 0 Å². The SMILES string of the molecule is CC/C=C\C/C=C\C/C=C\C/C=C\CCCCC(=O)OC(COC(=O)CCCCCCCCCCCCCCCCCCCCCCCCC)COC1OC(COC2OC(CO)C(O)C(O)C2O)C(O)C(O)C1O. The van der Waals surface area contributed by atoms with Crippen LogP contribution < -0.4 is 0 Å². The van der Waals surface area contributed by atoms with Crippen LogP contribution in [0.25, 0.3) is 0 Å². The molecule has 74 heavy (non-hydrogen) atoms. The molecule has 0 saturated carbocycles. The van der Waals surface area contributed by atoms with Gasteiger partial charge >= 0.3 is 11.9 Å². The molecule has 11 atom stereocenters. The Morgan fingerprint density at radius 2 is 0.851 bits per heavy atom. The molecule has 0 aromatic heterocycles. The number of allylic oxidation sites excluding steroid dienone is 8. The van der Waals surface area contributed by atoms with Crippen LogP contribution in [0.1, 0.15) is 219 Å². The molecule has 0 aromatic rings. The maximum Gasteiger partial charge on any atom is 0.306 e. The quantitative estimate of drug-likeness (QED) is 0.0171. The van der Waals surface area contributed by atoms with Gasteiger partial charge in [0.25, 0.3) is 0 Å². The summed E-state index contributed by atoms with van der Waals surface area (Å²) >= 11 is 0. The highest BCUT2D eigenvalue weighted by molar-refractivity contribution is 5.70. The first kappa shape index (κ1) is 67.6. The summed E-state index contributed by atoms with van der Waals surface area (Å²) in [6.07, 6.45) is 35.8. The summed E-state index contributed by atoms with van der Waals surface area (Å²) in [5.74, 6) is -0.966. The summed E-state index contributed by atoms with van der Waals surface area (Å²) in [5.41, 5.74) is 0. The van der Waals surface area contributed by atoms with Crippen LogP contribution >= 0.6 is 0 Å². The van der Waals surface area contributed by atoms with Gasteiger partial charge in [0.15, 0.2) is 18.7 Å². The first-order valence-corrected chi connectivity index (χ1v) is 29.2. The van der Waals surface area contributed by atoms with E-state index in [1.165, 1.54) is 122 Å². The molecule has 2 aliphatic rings. The van der Waals surface area contributed by atoms with Crippen LogP contribution in [0.2, 0.25) is 0 Å². The van der Waals surface area contributed by atoms with Crippen molar-refractivity contribution >= 4 is 11.9 Å². The van der Waals surface area contributed by atoms with E-state index in [1.807, 2.05) is 0 Å². The molecular formula is C59H104O15. The molecule has 0 spiro atoms. The van der Waals surface area contributed by atoms with E-state index in [0.717, 1.165) is 57.8 Å². The molecule has 0 amide bonds. The molecule has 0 aliphatic carbocycles. The topological polar surface area (TPSA) is 231 Å². The summed E-state index contributed by atoms with van der Waals surface area (Å²) in [5, 5.41) is 72.2. The van der Waals surface area contributed by atoms with Crippen LogP contribution in [0.4, 0.5) is 0 Å². The van der Waals surface area contributed by atoms with Crippen molar-refractivity contribution < 1.29 is 73.8 Å². The monoisotopic (exact) mass is 1050 g/mol. The van der Waals surface area contributed by atoms with Crippen LogP contribution in [-0.2, 0) is 38.0 Å². The summed E-state index contributed by atoms with van der Waals surface area (Å²) in [4.78, 5) is 25.9. The Labute approximate surface area is 446 Å². The Morgan fingerprint density at radius 3 is 1.34 bits per heavy atom. The molecule has 2 fully saturated rings. The number of aliphatic hydroxyl groups is 7. The van der Waals surface area contributed by atoms with Crippen LogP contribution in [0.3, 0.4) is 0 Å². The molecule has 2 heterocycles. The number of carbonyl (C=O) groups is 2. The summed E-state index contributed by atoms with van der Waals surface area (Å²) < 4.78 is 33.6. The summed E-state index contributed by atoms with van der Waals surface area (Å²) in [6, 6.07) is 0. The lowest BCUT2D eigenvalue weighted by molar-refractivity contribution is -0.332. The van der Waals surface area contributed by atoms with E-state index in [0.29, 0.717) is 12.8 Å². The highest BCUT2D eigenvalue weighted by atomic mass is 16.7. The van der Waals surface area contributed by atoms with Gasteiger partial charge in [0.1, 0.15) is 55.4 Å². The minimum absolute atomic E-state index is 0.113. The lowest BCUT2D eigenvalue weighted by atomic mass is 9.98. The maximum absolute atomic E-state index is 13.0. The Bertz CT molecular complexity index is 1470. The number of hydrogen-bond donors (Lipinski definition) is 7. The van der Waals surface area contributed by atoms with E-state index in [2.05, 4.69) is 62.5 Å². The summed E-state index contributed by atoms with van der Waals surface area (Å²) in [7, 11) is 0. The molecule has 2 aliphatic heterocycles. The van der Waals surface area contributed by atoms with Gasteiger partial charge in [-0.1, -0.05) is 204 Å². The van der Waals surface area contributed by atoms with Gasteiger partial charge in [-0.3, -0.25) is 9.59 Å². The van der Waals surface area contributed by atoms with E-state index in [4.69, 9.17) is 28.4 Å². The number of hydrogen-bond acceptors (Lipinski definition) is 15. The second kappa shape index (κ2) is 45.5. The van der Waals surface area contributed by atoms with Crippen molar-refractivity contribution in [2.45, 2.75) is 287 Å². The van der Waals surface area contributed by atoms with Crippen molar-refractivity contribution in [3.05, 3.63) is 48.6 Å². The zero-order valence-corrected chi connectivity index (χ0v) is 45.8. The van der Waals surface area contributed by atoms with Crippen LogP contribution in [-0.4, -0.2) is 142 Å². The number of esters is 2. The minimum Gasteiger partial charge on any atom is -0.462 e. The third kappa shape index (κ3) is 32.3. The summed E-state index contributed by atoms with van der Waals surface area (Å²) in [6.45, 7) is 2.46. The molecule has 0 radical (unpaired) electrons. The maximum atomic E-state index is 13.0. The first-order valence-electron chi connectivity index (χ1n) is 29.2. The highest BCUT2D eigenvalue weighted by Gasteiger charge is 2.47. The number of ether oxygens (including phenoxy) is 6. The smallest absolute Gasteiger partial charge is 0.306 e. The Hall–Kier alpha value is -2.54. The molecule has 7 N–H and O–H groups in total. The van der Waals surface area contributed by atoms with Crippen molar-refractivity contribution in [1.82, 2.24) is 0 Å². The first-order chi connectivity index (χ1) is 36.0. The molecule has 11 unspecified atom stereocenters. The van der Waals surface area contributed by atoms with Crippen molar-refractivity contribution in [3.63, 3.8) is 0 Å². The van der Waals surface area contributed by atoms with Gasteiger partial charge < -0.3 is 64.2 Å². The molecule has 430 valence electrons. The zero-order valence-electron chi connectivity index (χ0n) is 45.8. The lowest BCUT2D eigenvalue weighted by Gasteiger charge is -2.42. The van der Waals surface area contributed by atoms with E-state index in [-0.39, 0.29) is 19.4 Å². The van der Waals surface area contributed by atoms with Gasteiger partial charge in [-0.15, -0.1) is 0 Å². The number of carbonyl (C=O) groups excluding carboxylic acids is 2. The zero-order chi connectivity index (χ0) is 53.9. The number of unbranched alkanes of at least 4 members (excludes halogenated alkanes) is 24. The number of rotatable bonds is 46. The van der Waals surface area contributed by atoms with Gasteiger partial charge in [-0.25, -0.2) is 0 Å². The van der Waals surface area contributed by atoms with Crippen molar-refractivity contribution in [1.29, 1.82) is 0 Å². The predicted octanol–water partition coefficient (Wildman–Crippen LogP) is 9.83. The second-order valence-corrected chi connectivity index (χ2v) is 20.4. The Balaban J connectivity index is 1.73. The minimum atomic E-state index is -1.77. The van der Waals surface area contributed by atoms with Crippen LogP contribution in [0.5, 0.6) is 0 Å². The third-order valence-electron chi connectivity index (χ3n) is 13.8. The molecular weight excluding hydrogens is 949 g/mol. The molecule has 0 aromatic carbocycles. The number of aliphatic hydroxyl groups excluding tert-OH is 7. The van der Waals surface area contributed by atoms with Crippen LogP contribution in [0.15, 0.2) is 48.6 Å². The molecule has 15 heteroatoms. The molecule has 15 nitrogen and oxygen atoms in total. The largest absolute Gasteiger partial charge is 0.462 e. The fourth-order valence-electron chi connectivity index (χ4n) is 9.09. The van der Waals surface area contributed by atoms with Gasteiger partial charge in [-0.05, 0) is 51.4 Å². The second-order valence-electron chi connectivity index (χ2n) is 20.4. The Morgan fingerprint density at radius 1 is 0.446 bits per heavy atom. The fourth-order valence-corrected chi connectivity index (χ4v) is 9.09. The Kier molecular flexibility index (Phi) is 41.5. The van der Waals surface area contributed by atoms with E-state index < -0.39 is 99.3 Å². The molecule has 0 bridgehead atoms. The van der Waals surface area contributed by atoms with Crippen molar-refractivity contribution in [2.75, 3.05) is 26.4 Å². The van der Waals surface area contributed by atoms with Crippen molar-refractivity contribution in [3.8, 4) is 0 Å². The fraction of sp³-hybridized carbons (Fsp3) is 0.831. The predicted molar refractivity (Wildman–Crippen MR) is 289 cm³/mol. The molecule has 2 saturated heterocycles. The van der Waals surface area contributed by atoms with E-state index in [9.17, 15) is 45.3 Å². The third-order valence-corrected chi connectivity index (χ3v) is 13.8. The van der Waals surface area contributed by atoms with Gasteiger partial charge in [0, 0.05) is 12.8 Å². The van der Waals surface area contributed by atoms with Gasteiger partial charge in [0.05, 0.1) is 19.8 Å². The standard InChI is InChI=1S/C59H104O15/c1-3-5-7-9-11-13-15-17-19-20-21-22-23-24-25-26-28-29-31-33-35-37-39-41-50(61)69-44-47(72-51(62)42-40-38-36-34-32-30-27-18-16-14-12-10-8-6-4-2)45-70-58-57(68)55(66)53(64)49(74-58)46-71-59-56(67)54(65)52(63)48(43-60)73-59/h6,8,12,14,18,27,32,34,47-49,52-60,63-68H,3-5,7,9-11,13,15-17,19-26,28-31,33,35-46H2,1-2H3/b8-6-,14-12-,27-18-,34-32-. The average molecular weight is 1050 g/mol.